The Bertz CT molecular complexity index is 945. The summed E-state index contributed by atoms with van der Waals surface area (Å²) in [6, 6.07) is 18.2. The second kappa shape index (κ2) is 7.45. The highest BCUT2D eigenvalue weighted by Gasteiger charge is 2.37. The first-order valence-corrected chi connectivity index (χ1v) is 9.78. The van der Waals surface area contributed by atoms with Crippen molar-refractivity contribution < 1.29 is 14.3 Å². The Morgan fingerprint density at radius 1 is 1.07 bits per heavy atom. The van der Waals surface area contributed by atoms with Gasteiger partial charge >= 0.3 is 5.97 Å². The van der Waals surface area contributed by atoms with E-state index in [-0.39, 0.29) is 5.78 Å². The summed E-state index contributed by atoms with van der Waals surface area (Å²) in [5.41, 5.74) is 4.26. The molecule has 0 radical (unpaired) electrons. The second-order valence-electron chi connectivity index (χ2n) is 6.42. The van der Waals surface area contributed by atoms with Crippen LogP contribution in [0.2, 0.25) is 0 Å². The first-order valence-electron chi connectivity index (χ1n) is 8.79. The maximum Gasteiger partial charge on any atom is 0.336 e. The highest BCUT2D eigenvalue weighted by Crippen LogP contribution is 2.42. The number of nitrogens with one attached hydrogen (secondary N) is 1. The number of esters is 1. The molecule has 136 valence electrons. The van der Waals surface area contributed by atoms with Crippen LogP contribution in [0.1, 0.15) is 17.9 Å². The number of allylic oxidation sites excluding steroid dienone is 1. The summed E-state index contributed by atoms with van der Waals surface area (Å²) >= 11 is 1.62. The first-order chi connectivity index (χ1) is 13.2. The van der Waals surface area contributed by atoms with Crippen LogP contribution < -0.4 is 5.32 Å². The van der Waals surface area contributed by atoms with Crippen LogP contribution in [0.3, 0.4) is 0 Å². The van der Waals surface area contributed by atoms with Crippen LogP contribution in [0.5, 0.6) is 0 Å². The molecule has 0 bridgehead atoms. The van der Waals surface area contributed by atoms with Crippen molar-refractivity contribution in [1.29, 1.82) is 0 Å². The van der Waals surface area contributed by atoms with Gasteiger partial charge in [0.05, 0.1) is 17.7 Å². The number of ether oxygens (including phenoxy) is 1. The molecular weight excluding hydrogens is 358 g/mol. The molecule has 2 aliphatic heterocycles. The zero-order valence-corrected chi connectivity index (χ0v) is 15.7. The van der Waals surface area contributed by atoms with Crippen LogP contribution in [0.15, 0.2) is 77.0 Å². The van der Waals surface area contributed by atoms with Crippen molar-refractivity contribution in [2.75, 3.05) is 12.9 Å². The van der Waals surface area contributed by atoms with E-state index in [0.717, 1.165) is 27.5 Å². The van der Waals surface area contributed by atoms with Gasteiger partial charge in [-0.25, -0.2) is 4.79 Å². The molecule has 0 aromatic heterocycles. The Balaban J connectivity index is 1.76. The molecule has 2 aromatic carbocycles. The number of hydrogen-bond acceptors (Lipinski definition) is 5. The molecule has 5 heteroatoms. The minimum Gasteiger partial charge on any atom is -0.466 e. The summed E-state index contributed by atoms with van der Waals surface area (Å²) in [7, 11) is 1.36. The summed E-state index contributed by atoms with van der Waals surface area (Å²) < 4.78 is 4.96. The van der Waals surface area contributed by atoms with E-state index in [0.29, 0.717) is 17.6 Å². The molecule has 4 rings (SSSR count). The number of benzene rings is 2. The van der Waals surface area contributed by atoms with Gasteiger partial charge in [0.15, 0.2) is 5.78 Å². The van der Waals surface area contributed by atoms with Crippen molar-refractivity contribution >= 4 is 23.5 Å². The number of dihydropyridines is 1. The maximum absolute atomic E-state index is 12.7. The normalized spacial score (nSPS) is 19.1. The number of hydrogen-bond donors (Lipinski definition) is 1. The van der Waals surface area contributed by atoms with Gasteiger partial charge in [0.2, 0.25) is 0 Å². The van der Waals surface area contributed by atoms with E-state index in [4.69, 9.17) is 4.74 Å². The molecule has 0 amide bonds. The Morgan fingerprint density at radius 2 is 1.78 bits per heavy atom. The van der Waals surface area contributed by atoms with Gasteiger partial charge in [-0.15, -0.1) is 11.8 Å². The molecule has 27 heavy (non-hydrogen) atoms. The minimum atomic E-state index is -0.422. The van der Waals surface area contributed by atoms with Crippen LogP contribution in [0.4, 0.5) is 0 Å². The Morgan fingerprint density at radius 3 is 2.48 bits per heavy atom. The van der Waals surface area contributed by atoms with Crippen molar-refractivity contribution in [2.24, 2.45) is 0 Å². The van der Waals surface area contributed by atoms with Crippen LogP contribution in [-0.4, -0.2) is 24.6 Å². The van der Waals surface area contributed by atoms with Crippen molar-refractivity contribution in [3.8, 4) is 11.1 Å². The van der Waals surface area contributed by atoms with E-state index in [1.165, 1.54) is 7.11 Å². The van der Waals surface area contributed by atoms with Crippen molar-refractivity contribution in [2.45, 2.75) is 12.3 Å². The molecule has 2 heterocycles. The van der Waals surface area contributed by atoms with Gasteiger partial charge in [0.25, 0.3) is 0 Å². The lowest BCUT2D eigenvalue weighted by atomic mass is 9.81. The number of carbonyl (C=O) groups excluding carboxylic acids is 2. The molecule has 0 saturated heterocycles. The summed E-state index contributed by atoms with van der Waals surface area (Å²) in [5, 5.41) is 3.96. The van der Waals surface area contributed by atoms with Gasteiger partial charge in [0, 0.05) is 29.9 Å². The third-order valence-electron chi connectivity index (χ3n) is 4.85. The molecule has 4 nitrogen and oxygen atoms in total. The SMILES string of the molecule is COC(=O)C1=CNC2=C(C(=O)CCS2)C1c1ccc(-c2ccccc2)cc1. The van der Waals surface area contributed by atoms with Crippen LogP contribution >= 0.6 is 11.8 Å². The van der Waals surface area contributed by atoms with Gasteiger partial charge < -0.3 is 10.1 Å². The highest BCUT2D eigenvalue weighted by molar-refractivity contribution is 8.03. The number of thioether (sulfide) groups is 1. The van der Waals surface area contributed by atoms with Gasteiger partial charge in [-0.05, 0) is 16.7 Å². The average Bonchev–Trinajstić information content (AvgIpc) is 2.73. The van der Waals surface area contributed by atoms with E-state index < -0.39 is 11.9 Å². The van der Waals surface area contributed by atoms with Gasteiger partial charge in [-0.2, -0.15) is 0 Å². The van der Waals surface area contributed by atoms with E-state index in [9.17, 15) is 9.59 Å². The molecule has 1 atom stereocenters. The van der Waals surface area contributed by atoms with Gasteiger partial charge in [0.1, 0.15) is 0 Å². The van der Waals surface area contributed by atoms with Crippen LogP contribution in [-0.2, 0) is 14.3 Å². The first kappa shape index (κ1) is 17.6. The van der Waals surface area contributed by atoms with Gasteiger partial charge in [-0.1, -0.05) is 54.6 Å². The van der Waals surface area contributed by atoms with E-state index in [1.54, 1.807) is 18.0 Å². The predicted molar refractivity (Wildman–Crippen MR) is 107 cm³/mol. The molecule has 2 aromatic rings. The van der Waals surface area contributed by atoms with Crippen molar-refractivity contribution in [3.63, 3.8) is 0 Å². The third-order valence-corrected chi connectivity index (χ3v) is 5.89. The quantitative estimate of drug-likeness (QED) is 0.819. The maximum atomic E-state index is 12.7. The average molecular weight is 377 g/mol. The van der Waals surface area contributed by atoms with Crippen molar-refractivity contribution in [3.05, 3.63) is 82.5 Å². The zero-order valence-electron chi connectivity index (χ0n) is 14.9. The summed E-state index contributed by atoms with van der Waals surface area (Å²) in [5.74, 6) is 0.0161. The predicted octanol–water partition coefficient (Wildman–Crippen LogP) is 4.01. The third kappa shape index (κ3) is 3.30. The Kier molecular flexibility index (Phi) is 4.86. The number of methoxy groups -OCH3 is 1. The number of Topliss-reactive ketones (excluding diaryl/α,β-unsaturated/α-hetero) is 1. The topological polar surface area (TPSA) is 55.4 Å². The van der Waals surface area contributed by atoms with E-state index in [2.05, 4.69) is 17.4 Å². The molecule has 0 saturated carbocycles. The summed E-state index contributed by atoms with van der Waals surface area (Å²) in [6.07, 6.45) is 2.16. The lowest BCUT2D eigenvalue weighted by Gasteiger charge is -2.31. The number of rotatable bonds is 3. The standard InChI is InChI=1S/C22H19NO3S/c1-26-22(25)17-13-23-21-20(18(24)11-12-27-21)19(17)16-9-7-15(8-10-16)14-5-3-2-4-6-14/h2-10,13,19,23H,11-12H2,1H3. The van der Waals surface area contributed by atoms with Gasteiger partial charge in [-0.3, -0.25) is 4.79 Å². The molecular formula is C22H19NO3S. The fourth-order valence-corrected chi connectivity index (χ4v) is 4.54. The van der Waals surface area contributed by atoms with E-state index in [1.807, 2.05) is 42.5 Å². The molecule has 2 aliphatic rings. The highest BCUT2D eigenvalue weighted by atomic mass is 32.2. The van der Waals surface area contributed by atoms with E-state index >= 15 is 0 Å². The van der Waals surface area contributed by atoms with Crippen LogP contribution in [0.25, 0.3) is 11.1 Å². The summed E-state index contributed by atoms with van der Waals surface area (Å²) in [6.45, 7) is 0. The second-order valence-corrected chi connectivity index (χ2v) is 7.53. The lowest BCUT2D eigenvalue weighted by Crippen LogP contribution is -2.30. The Labute approximate surface area is 162 Å². The molecule has 0 aliphatic carbocycles. The number of carbonyl (C=O) groups is 2. The largest absolute Gasteiger partial charge is 0.466 e. The molecule has 1 unspecified atom stereocenters. The van der Waals surface area contributed by atoms with Crippen LogP contribution in [0, 0.1) is 0 Å². The fraction of sp³-hybridized carbons (Fsp3) is 0.182. The lowest BCUT2D eigenvalue weighted by molar-refractivity contribution is -0.136. The monoisotopic (exact) mass is 377 g/mol. The zero-order chi connectivity index (χ0) is 18.8. The summed E-state index contributed by atoms with van der Waals surface area (Å²) in [4.78, 5) is 25.0. The fourth-order valence-electron chi connectivity index (χ4n) is 3.52. The smallest absolute Gasteiger partial charge is 0.336 e. The Hall–Kier alpha value is -2.79. The van der Waals surface area contributed by atoms with Crippen molar-refractivity contribution in [1.82, 2.24) is 5.32 Å². The number of ketones is 1. The molecule has 0 spiro atoms. The molecule has 1 N–H and O–H groups in total. The molecule has 0 fully saturated rings. The minimum absolute atomic E-state index is 0.0860.